The van der Waals surface area contributed by atoms with Crippen molar-refractivity contribution < 1.29 is 44.2 Å². The second-order valence-electron chi connectivity index (χ2n) is 2.48. The van der Waals surface area contributed by atoms with Crippen molar-refractivity contribution >= 4 is 5.78 Å². The standard InChI is InChI=1S/C8H12O3.Na/c1-2-11-8(10)6-4-3-5-7(6)9;/h10H,2-5H2,1H3;/q;+1/p-1/b8-6+;. The minimum absolute atomic E-state index is 0. The van der Waals surface area contributed by atoms with E-state index in [9.17, 15) is 9.90 Å². The molecule has 1 fully saturated rings. The number of Topliss-reactive ketones (excluding diaryl/α,β-unsaturated/α-hetero) is 1. The summed E-state index contributed by atoms with van der Waals surface area (Å²) < 4.78 is 4.70. The quantitative estimate of drug-likeness (QED) is 0.264. The Morgan fingerprint density at radius 1 is 1.58 bits per heavy atom. The summed E-state index contributed by atoms with van der Waals surface area (Å²) in [5.41, 5.74) is 0.354. The summed E-state index contributed by atoms with van der Waals surface area (Å²) >= 11 is 0. The first kappa shape index (κ1) is 12.0. The molecule has 12 heavy (non-hydrogen) atoms. The molecule has 0 spiro atoms. The van der Waals surface area contributed by atoms with E-state index in [4.69, 9.17) is 4.74 Å². The van der Waals surface area contributed by atoms with Crippen LogP contribution in [0.1, 0.15) is 26.2 Å². The summed E-state index contributed by atoms with van der Waals surface area (Å²) in [7, 11) is 0. The van der Waals surface area contributed by atoms with Crippen LogP contribution in [0, 0.1) is 0 Å². The predicted molar refractivity (Wildman–Crippen MR) is 37.5 cm³/mol. The van der Waals surface area contributed by atoms with Gasteiger partial charge in [-0.25, -0.2) is 0 Å². The zero-order valence-electron chi connectivity index (χ0n) is 7.55. The Balaban J connectivity index is 0.00000121. The zero-order valence-corrected chi connectivity index (χ0v) is 9.55. The van der Waals surface area contributed by atoms with E-state index in [1.807, 2.05) is 0 Å². The first-order valence-electron chi connectivity index (χ1n) is 3.82. The number of ketones is 1. The van der Waals surface area contributed by atoms with Gasteiger partial charge in [0.25, 0.3) is 0 Å². The molecule has 0 atom stereocenters. The normalized spacial score (nSPS) is 20.2. The fourth-order valence-corrected chi connectivity index (χ4v) is 1.15. The minimum atomic E-state index is -0.421. The summed E-state index contributed by atoms with van der Waals surface area (Å²) in [5.74, 6) is -0.460. The van der Waals surface area contributed by atoms with Gasteiger partial charge in [0, 0.05) is 12.0 Å². The van der Waals surface area contributed by atoms with Crippen molar-refractivity contribution in [1.29, 1.82) is 0 Å². The number of hydrogen-bond donors (Lipinski definition) is 0. The Morgan fingerprint density at radius 3 is 2.67 bits per heavy atom. The average molecular weight is 178 g/mol. The van der Waals surface area contributed by atoms with Crippen LogP contribution in [0.3, 0.4) is 0 Å². The van der Waals surface area contributed by atoms with Crippen molar-refractivity contribution in [3.63, 3.8) is 0 Å². The number of rotatable bonds is 2. The van der Waals surface area contributed by atoms with Crippen molar-refractivity contribution in [2.75, 3.05) is 6.61 Å². The smallest absolute Gasteiger partial charge is 0.613 e. The fourth-order valence-electron chi connectivity index (χ4n) is 1.15. The molecule has 0 aliphatic heterocycles. The van der Waals surface area contributed by atoms with Crippen molar-refractivity contribution in [3.8, 4) is 0 Å². The minimum Gasteiger partial charge on any atom is -0.613 e. The summed E-state index contributed by atoms with van der Waals surface area (Å²) in [6.45, 7) is 2.08. The average Bonchev–Trinajstić information content (AvgIpc) is 2.36. The Hall–Kier alpha value is 0.0100. The Labute approximate surface area is 94.1 Å². The van der Waals surface area contributed by atoms with Gasteiger partial charge in [0.05, 0.1) is 5.95 Å². The van der Waals surface area contributed by atoms with Gasteiger partial charge >= 0.3 is 29.6 Å². The molecule has 0 saturated heterocycles. The molecule has 0 radical (unpaired) electrons. The van der Waals surface area contributed by atoms with Crippen LogP contribution in [0.2, 0.25) is 0 Å². The van der Waals surface area contributed by atoms with E-state index >= 15 is 0 Å². The Morgan fingerprint density at radius 2 is 2.25 bits per heavy atom. The Kier molecular flexibility index (Phi) is 5.63. The number of ether oxygens (including phenoxy) is 1. The maximum Gasteiger partial charge on any atom is 1.00 e. The van der Waals surface area contributed by atoms with Crippen LogP contribution in [-0.2, 0) is 9.53 Å². The second-order valence-corrected chi connectivity index (χ2v) is 2.48. The van der Waals surface area contributed by atoms with Crippen LogP contribution in [0.5, 0.6) is 0 Å². The summed E-state index contributed by atoms with van der Waals surface area (Å²) in [6.07, 6.45) is 1.90. The van der Waals surface area contributed by atoms with Crippen LogP contribution < -0.4 is 34.7 Å². The van der Waals surface area contributed by atoms with Gasteiger partial charge in [-0.1, -0.05) is 6.92 Å². The van der Waals surface area contributed by atoms with Gasteiger partial charge in [0.1, 0.15) is 0 Å². The summed E-state index contributed by atoms with van der Waals surface area (Å²) in [5, 5.41) is 11.0. The molecule has 1 saturated carbocycles. The van der Waals surface area contributed by atoms with Gasteiger partial charge in [-0.2, -0.15) is 0 Å². The van der Waals surface area contributed by atoms with Crippen molar-refractivity contribution in [3.05, 3.63) is 11.5 Å². The van der Waals surface area contributed by atoms with E-state index in [0.717, 1.165) is 6.42 Å². The molecule has 0 heterocycles. The number of carbonyl (C=O) groups excluding carboxylic acids is 1. The van der Waals surface area contributed by atoms with Gasteiger partial charge < -0.3 is 9.84 Å². The molecule has 3 nitrogen and oxygen atoms in total. The van der Waals surface area contributed by atoms with Gasteiger partial charge in [-0.15, -0.1) is 0 Å². The maximum absolute atomic E-state index is 11.0. The molecular weight excluding hydrogens is 167 g/mol. The Bertz CT molecular complexity index is 198. The van der Waals surface area contributed by atoms with E-state index < -0.39 is 5.95 Å². The topological polar surface area (TPSA) is 49.4 Å². The van der Waals surface area contributed by atoms with Crippen molar-refractivity contribution in [2.45, 2.75) is 26.2 Å². The van der Waals surface area contributed by atoms with Gasteiger partial charge in [-0.05, 0) is 19.4 Å². The van der Waals surface area contributed by atoms with E-state index in [-0.39, 0.29) is 35.3 Å². The molecule has 0 unspecified atom stereocenters. The molecule has 0 N–H and O–H groups in total. The number of carbonyl (C=O) groups is 1. The van der Waals surface area contributed by atoms with Crippen LogP contribution in [0.4, 0.5) is 0 Å². The fraction of sp³-hybridized carbons (Fsp3) is 0.625. The molecule has 1 aliphatic rings. The molecule has 1 aliphatic carbocycles. The molecule has 1 rings (SSSR count). The SMILES string of the molecule is CCO/C([O-])=C1\CCCC1=O.[Na+]. The third-order valence-electron chi connectivity index (χ3n) is 1.69. The summed E-state index contributed by atoms with van der Waals surface area (Å²) in [4.78, 5) is 11.0. The van der Waals surface area contributed by atoms with E-state index in [1.54, 1.807) is 6.92 Å². The third-order valence-corrected chi connectivity index (χ3v) is 1.69. The first-order valence-corrected chi connectivity index (χ1v) is 3.82. The molecule has 0 amide bonds. The van der Waals surface area contributed by atoms with Gasteiger partial charge in [0.15, 0.2) is 5.78 Å². The third kappa shape index (κ3) is 2.81. The zero-order chi connectivity index (χ0) is 8.27. The number of hydrogen-bond acceptors (Lipinski definition) is 3. The largest absolute Gasteiger partial charge is 1.00 e. The molecule has 62 valence electrons. The molecular formula is C8H11NaO3. The first-order chi connectivity index (χ1) is 5.25. The van der Waals surface area contributed by atoms with E-state index in [1.165, 1.54) is 0 Å². The van der Waals surface area contributed by atoms with Crippen LogP contribution in [0.15, 0.2) is 11.5 Å². The van der Waals surface area contributed by atoms with Gasteiger partial charge in [0.2, 0.25) is 0 Å². The number of allylic oxidation sites excluding steroid dienone is 1. The van der Waals surface area contributed by atoms with Crippen LogP contribution in [0.25, 0.3) is 0 Å². The second kappa shape index (κ2) is 5.62. The molecule has 0 bridgehead atoms. The molecule has 0 aromatic carbocycles. The monoisotopic (exact) mass is 178 g/mol. The van der Waals surface area contributed by atoms with Crippen molar-refractivity contribution in [1.82, 2.24) is 0 Å². The van der Waals surface area contributed by atoms with E-state index in [0.29, 0.717) is 25.0 Å². The van der Waals surface area contributed by atoms with Crippen LogP contribution in [-0.4, -0.2) is 12.4 Å². The molecule has 4 heteroatoms. The summed E-state index contributed by atoms with van der Waals surface area (Å²) in [6, 6.07) is 0. The molecule has 0 aromatic heterocycles. The predicted octanol–water partition coefficient (Wildman–Crippen LogP) is -2.65. The van der Waals surface area contributed by atoms with E-state index in [2.05, 4.69) is 0 Å². The molecule has 0 aromatic rings. The van der Waals surface area contributed by atoms with Crippen LogP contribution >= 0.6 is 0 Å². The maximum atomic E-state index is 11.0. The van der Waals surface area contributed by atoms with Crippen molar-refractivity contribution in [2.24, 2.45) is 0 Å². The van der Waals surface area contributed by atoms with Gasteiger partial charge in [-0.3, -0.25) is 4.79 Å².